The molecule has 3 nitrogen and oxygen atoms in total. The lowest BCUT2D eigenvalue weighted by Crippen LogP contribution is -2.12. The molecule has 0 aliphatic heterocycles. The van der Waals surface area contributed by atoms with Crippen molar-refractivity contribution in [3.63, 3.8) is 0 Å². The Morgan fingerprint density at radius 3 is 2.65 bits per heavy atom. The molecule has 1 aromatic heterocycles. The molecule has 2 rings (SSSR count). The van der Waals surface area contributed by atoms with E-state index >= 15 is 0 Å². The van der Waals surface area contributed by atoms with Crippen LogP contribution in [0.15, 0.2) is 39.4 Å². The number of anilines is 1. The smallest absolute Gasteiger partial charge is 0.259 e. The number of carbonyl (C=O) groups excluding carboxylic acids is 1. The molecule has 17 heavy (non-hydrogen) atoms. The van der Waals surface area contributed by atoms with Gasteiger partial charge in [-0.05, 0) is 37.6 Å². The molecule has 0 atom stereocenters. The van der Waals surface area contributed by atoms with Gasteiger partial charge in [-0.25, -0.2) is 0 Å². The average Bonchev–Trinajstić information content (AvgIpc) is 2.70. The number of amides is 1. The molecule has 1 N–H and O–H groups in total. The number of carbonyl (C=O) groups is 1. The maximum atomic E-state index is 11.9. The molecule has 0 aliphatic rings. The van der Waals surface area contributed by atoms with Crippen molar-refractivity contribution in [2.45, 2.75) is 13.8 Å². The molecule has 0 saturated carbocycles. The minimum atomic E-state index is -0.160. The summed E-state index contributed by atoms with van der Waals surface area (Å²) in [5, 5.41) is 2.82. The number of hydrogen-bond acceptors (Lipinski definition) is 2. The Morgan fingerprint density at radius 1 is 1.29 bits per heavy atom. The predicted molar refractivity (Wildman–Crippen MR) is 70.3 cm³/mol. The largest absolute Gasteiger partial charge is 0.469 e. The Balaban J connectivity index is 2.19. The number of furan rings is 1. The van der Waals surface area contributed by atoms with Crippen LogP contribution >= 0.6 is 15.9 Å². The Labute approximate surface area is 108 Å². The van der Waals surface area contributed by atoms with Gasteiger partial charge in [-0.2, -0.15) is 0 Å². The zero-order chi connectivity index (χ0) is 12.4. The van der Waals surface area contributed by atoms with Gasteiger partial charge in [0.2, 0.25) is 0 Å². The fourth-order valence-electron chi connectivity index (χ4n) is 1.49. The van der Waals surface area contributed by atoms with Gasteiger partial charge in [0.25, 0.3) is 5.91 Å². The summed E-state index contributed by atoms with van der Waals surface area (Å²) in [4.78, 5) is 11.9. The van der Waals surface area contributed by atoms with Crippen molar-refractivity contribution in [1.29, 1.82) is 0 Å². The van der Waals surface area contributed by atoms with Crippen molar-refractivity contribution < 1.29 is 9.21 Å². The zero-order valence-corrected chi connectivity index (χ0v) is 11.2. The molecule has 4 heteroatoms. The maximum Gasteiger partial charge on any atom is 0.259 e. The van der Waals surface area contributed by atoms with Gasteiger partial charge in [-0.15, -0.1) is 0 Å². The van der Waals surface area contributed by atoms with E-state index in [9.17, 15) is 4.79 Å². The molecule has 0 aliphatic carbocycles. The topological polar surface area (TPSA) is 42.2 Å². The van der Waals surface area contributed by atoms with Crippen LogP contribution in [-0.2, 0) is 0 Å². The van der Waals surface area contributed by atoms with Gasteiger partial charge in [-0.3, -0.25) is 4.79 Å². The third-order valence-electron chi connectivity index (χ3n) is 2.53. The SMILES string of the molecule is Cc1ccc(NC(=O)c2ccoc2C)cc1Br. The third-order valence-corrected chi connectivity index (χ3v) is 3.39. The molecule has 0 saturated heterocycles. The van der Waals surface area contributed by atoms with Crippen LogP contribution in [0.3, 0.4) is 0 Å². The molecule has 2 aromatic rings. The highest BCUT2D eigenvalue weighted by molar-refractivity contribution is 9.10. The van der Waals surface area contributed by atoms with E-state index < -0.39 is 0 Å². The van der Waals surface area contributed by atoms with E-state index in [0.717, 1.165) is 15.7 Å². The van der Waals surface area contributed by atoms with E-state index in [4.69, 9.17) is 4.42 Å². The fraction of sp³-hybridized carbons (Fsp3) is 0.154. The lowest BCUT2D eigenvalue weighted by Gasteiger charge is -2.06. The summed E-state index contributed by atoms with van der Waals surface area (Å²) in [5.74, 6) is 0.459. The zero-order valence-electron chi connectivity index (χ0n) is 9.58. The molecule has 0 unspecified atom stereocenters. The standard InChI is InChI=1S/C13H12BrNO2/c1-8-3-4-10(7-12(8)14)15-13(16)11-5-6-17-9(11)2/h3-7H,1-2H3,(H,15,16). The van der Waals surface area contributed by atoms with Crippen molar-refractivity contribution in [3.8, 4) is 0 Å². The Bertz CT molecular complexity index is 560. The maximum absolute atomic E-state index is 11.9. The van der Waals surface area contributed by atoms with Crippen LogP contribution in [0.2, 0.25) is 0 Å². The first kappa shape index (κ1) is 11.9. The second-order valence-corrected chi connectivity index (χ2v) is 4.66. The Kier molecular flexibility index (Phi) is 3.33. The van der Waals surface area contributed by atoms with E-state index in [1.54, 1.807) is 13.0 Å². The lowest BCUT2D eigenvalue weighted by molar-refractivity contribution is 0.102. The van der Waals surface area contributed by atoms with Crippen LogP contribution < -0.4 is 5.32 Å². The van der Waals surface area contributed by atoms with Crippen molar-refractivity contribution in [2.75, 3.05) is 5.32 Å². The highest BCUT2D eigenvalue weighted by Gasteiger charge is 2.11. The number of aryl methyl sites for hydroxylation is 2. The first-order chi connectivity index (χ1) is 8.08. The molecular formula is C13H12BrNO2. The molecule has 0 bridgehead atoms. The molecule has 0 spiro atoms. The molecular weight excluding hydrogens is 282 g/mol. The lowest BCUT2D eigenvalue weighted by atomic mass is 10.2. The van der Waals surface area contributed by atoms with Crippen LogP contribution in [0.4, 0.5) is 5.69 Å². The molecule has 0 radical (unpaired) electrons. The van der Waals surface area contributed by atoms with Crippen LogP contribution in [0, 0.1) is 13.8 Å². The van der Waals surface area contributed by atoms with Gasteiger partial charge in [0.1, 0.15) is 5.76 Å². The molecule has 1 heterocycles. The number of nitrogens with one attached hydrogen (secondary N) is 1. The summed E-state index contributed by atoms with van der Waals surface area (Å²) in [6.07, 6.45) is 1.51. The number of rotatable bonds is 2. The van der Waals surface area contributed by atoms with Crippen molar-refractivity contribution in [1.82, 2.24) is 0 Å². The van der Waals surface area contributed by atoms with Crippen LogP contribution in [0.5, 0.6) is 0 Å². The van der Waals surface area contributed by atoms with E-state index in [1.165, 1.54) is 6.26 Å². The summed E-state index contributed by atoms with van der Waals surface area (Å²) in [6.45, 7) is 3.76. The summed E-state index contributed by atoms with van der Waals surface area (Å²) in [5.41, 5.74) is 2.44. The van der Waals surface area contributed by atoms with Gasteiger partial charge < -0.3 is 9.73 Å². The third kappa shape index (κ3) is 2.58. The number of halogens is 1. The van der Waals surface area contributed by atoms with Gasteiger partial charge in [-0.1, -0.05) is 22.0 Å². The van der Waals surface area contributed by atoms with Crippen molar-refractivity contribution in [2.24, 2.45) is 0 Å². The van der Waals surface area contributed by atoms with Gasteiger partial charge in [0.15, 0.2) is 0 Å². The van der Waals surface area contributed by atoms with E-state index in [-0.39, 0.29) is 5.91 Å². The summed E-state index contributed by atoms with van der Waals surface area (Å²) in [7, 11) is 0. The number of benzene rings is 1. The molecule has 0 fully saturated rings. The minimum Gasteiger partial charge on any atom is -0.469 e. The first-order valence-corrected chi connectivity index (χ1v) is 5.99. The van der Waals surface area contributed by atoms with Crippen LogP contribution in [-0.4, -0.2) is 5.91 Å². The van der Waals surface area contributed by atoms with E-state index in [1.807, 2.05) is 25.1 Å². The van der Waals surface area contributed by atoms with E-state index in [0.29, 0.717) is 11.3 Å². The number of hydrogen-bond donors (Lipinski definition) is 1. The average molecular weight is 294 g/mol. The van der Waals surface area contributed by atoms with Crippen molar-refractivity contribution >= 4 is 27.5 Å². The Morgan fingerprint density at radius 2 is 2.06 bits per heavy atom. The highest BCUT2D eigenvalue weighted by atomic mass is 79.9. The van der Waals surface area contributed by atoms with Gasteiger partial charge in [0, 0.05) is 10.2 Å². The fourth-order valence-corrected chi connectivity index (χ4v) is 1.87. The van der Waals surface area contributed by atoms with Crippen LogP contribution in [0.1, 0.15) is 21.7 Å². The summed E-state index contributed by atoms with van der Waals surface area (Å²) >= 11 is 3.43. The quantitative estimate of drug-likeness (QED) is 0.912. The normalized spacial score (nSPS) is 10.3. The predicted octanol–water partition coefficient (Wildman–Crippen LogP) is 3.91. The Hall–Kier alpha value is -1.55. The summed E-state index contributed by atoms with van der Waals surface area (Å²) < 4.78 is 6.07. The van der Waals surface area contributed by atoms with Crippen LogP contribution in [0.25, 0.3) is 0 Å². The van der Waals surface area contributed by atoms with E-state index in [2.05, 4.69) is 21.2 Å². The highest BCUT2D eigenvalue weighted by Crippen LogP contribution is 2.21. The minimum absolute atomic E-state index is 0.160. The van der Waals surface area contributed by atoms with Gasteiger partial charge >= 0.3 is 0 Å². The second kappa shape index (κ2) is 4.75. The second-order valence-electron chi connectivity index (χ2n) is 3.81. The molecule has 88 valence electrons. The first-order valence-electron chi connectivity index (χ1n) is 5.19. The summed E-state index contributed by atoms with van der Waals surface area (Å²) in [6, 6.07) is 7.35. The monoisotopic (exact) mass is 293 g/mol. The molecule has 1 aromatic carbocycles. The van der Waals surface area contributed by atoms with Crippen molar-refractivity contribution in [3.05, 3.63) is 51.9 Å². The van der Waals surface area contributed by atoms with Gasteiger partial charge in [0.05, 0.1) is 11.8 Å². The molecule has 1 amide bonds.